The summed E-state index contributed by atoms with van der Waals surface area (Å²) >= 11 is 0. The Balaban J connectivity index is 1.84. The molecule has 0 spiro atoms. The number of benzene rings is 2. The lowest BCUT2D eigenvalue weighted by atomic mass is 10.0. The van der Waals surface area contributed by atoms with Crippen molar-refractivity contribution in [3.8, 4) is 5.75 Å². The van der Waals surface area contributed by atoms with Gasteiger partial charge in [-0.2, -0.15) is 0 Å². The Hall–Kier alpha value is -3.80. The molecule has 1 aromatic heterocycles. The quantitative estimate of drug-likeness (QED) is 0.415. The van der Waals surface area contributed by atoms with E-state index in [1.807, 2.05) is 54.6 Å². The number of hydrogen-bond donors (Lipinski definition) is 2. The molecule has 0 unspecified atom stereocenters. The molecule has 6 heteroatoms. The highest BCUT2D eigenvalue weighted by atomic mass is 16.5. The Bertz CT molecular complexity index is 947. The lowest BCUT2D eigenvalue weighted by Gasteiger charge is -2.10. The fourth-order valence-electron chi connectivity index (χ4n) is 2.45. The SMILES string of the molecule is COc1cccc(/C=C(\C(=O)NNC(=O)c2ccco2)c2ccccc2)c1. The first-order valence-corrected chi connectivity index (χ1v) is 8.23. The van der Waals surface area contributed by atoms with E-state index in [2.05, 4.69) is 10.9 Å². The third-order valence-electron chi connectivity index (χ3n) is 3.77. The van der Waals surface area contributed by atoms with Gasteiger partial charge in [0.05, 0.1) is 13.4 Å². The first-order chi connectivity index (χ1) is 13.2. The number of nitrogens with one attached hydrogen (secondary N) is 2. The van der Waals surface area contributed by atoms with Gasteiger partial charge < -0.3 is 9.15 Å². The minimum atomic E-state index is -0.540. The first kappa shape index (κ1) is 18.0. The summed E-state index contributed by atoms with van der Waals surface area (Å²) in [7, 11) is 1.58. The second kappa shape index (κ2) is 8.53. The molecule has 0 saturated carbocycles. The summed E-state index contributed by atoms with van der Waals surface area (Å²) in [5.41, 5.74) is 6.66. The van der Waals surface area contributed by atoms with Crippen LogP contribution >= 0.6 is 0 Å². The molecule has 0 aliphatic carbocycles. The molecule has 0 bridgehead atoms. The number of carbonyl (C=O) groups is 2. The summed E-state index contributed by atoms with van der Waals surface area (Å²) in [4.78, 5) is 24.7. The van der Waals surface area contributed by atoms with Gasteiger partial charge in [-0.3, -0.25) is 20.4 Å². The van der Waals surface area contributed by atoms with Crippen molar-refractivity contribution in [3.63, 3.8) is 0 Å². The summed E-state index contributed by atoms with van der Waals surface area (Å²) in [6.45, 7) is 0. The lowest BCUT2D eigenvalue weighted by molar-refractivity contribution is -0.116. The third kappa shape index (κ3) is 4.64. The number of methoxy groups -OCH3 is 1. The van der Waals surface area contributed by atoms with E-state index in [1.54, 1.807) is 19.3 Å². The predicted molar refractivity (Wildman–Crippen MR) is 102 cm³/mol. The number of rotatable bonds is 5. The predicted octanol–water partition coefficient (Wildman–Crippen LogP) is 3.29. The van der Waals surface area contributed by atoms with E-state index < -0.39 is 11.8 Å². The zero-order valence-corrected chi connectivity index (χ0v) is 14.6. The summed E-state index contributed by atoms with van der Waals surface area (Å²) in [6, 6.07) is 19.6. The minimum absolute atomic E-state index is 0.105. The van der Waals surface area contributed by atoms with E-state index in [1.165, 1.54) is 12.3 Å². The fraction of sp³-hybridized carbons (Fsp3) is 0.0476. The molecule has 0 atom stereocenters. The highest BCUT2D eigenvalue weighted by molar-refractivity contribution is 6.24. The van der Waals surface area contributed by atoms with Crippen LogP contribution < -0.4 is 15.6 Å². The van der Waals surface area contributed by atoms with Crippen LogP contribution in [0.25, 0.3) is 11.6 Å². The molecular weight excluding hydrogens is 344 g/mol. The van der Waals surface area contributed by atoms with Gasteiger partial charge >= 0.3 is 5.91 Å². The number of carbonyl (C=O) groups excluding carboxylic acids is 2. The Labute approximate surface area is 156 Å². The summed E-state index contributed by atoms with van der Waals surface area (Å²) in [6.07, 6.45) is 3.11. The lowest BCUT2D eigenvalue weighted by Crippen LogP contribution is -2.41. The minimum Gasteiger partial charge on any atom is -0.497 e. The number of furan rings is 1. The zero-order chi connectivity index (χ0) is 19.1. The van der Waals surface area contributed by atoms with Crippen molar-refractivity contribution in [2.24, 2.45) is 0 Å². The summed E-state index contributed by atoms with van der Waals surface area (Å²) < 4.78 is 10.2. The van der Waals surface area contributed by atoms with E-state index in [4.69, 9.17) is 9.15 Å². The zero-order valence-electron chi connectivity index (χ0n) is 14.6. The average molecular weight is 362 g/mol. The largest absolute Gasteiger partial charge is 0.497 e. The van der Waals surface area contributed by atoms with E-state index in [-0.39, 0.29) is 5.76 Å². The Morgan fingerprint density at radius 3 is 2.48 bits per heavy atom. The topological polar surface area (TPSA) is 80.6 Å². The maximum atomic E-state index is 12.7. The van der Waals surface area contributed by atoms with E-state index >= 15 is 0 Å². The molecule has 6 nitrogen and oxygen atoms in total. The standard InChI is InChI=1S/C21H18N2O4/c1-26-17-10-5-7-15(13-17)14-18(16-8-3-2-4-9-16)20(24)22-23-21(25)19-11-6-12-27-19/h2-14H,1H3,(H,22,24)(H,23,25)/b18-14-. The van der Waals surface area contributed by atoms with Gasteiger partial charge in [0.25, 0.3) is 5.91 Å². The molecule has 0 radical (unpaired) electrons. The van der Waals surface area contributed by atoms with Crippen molar-refractivity contribution < 1.29 is 18.7 Å². The van der Waals surface area contributed by atoms with Crippen LogP contribution in [0.5, 0.6) is 5.75 Å². The molecule has 27 heavy (non-hydrogen) atoms. The first-order valence-electron chi connectivity index (χ1n) is 8.23. The average Bonchev–Trinajstić information content (AvgIpc) is 3.26. The maximum Gasteiger partial charge on any atom is 0.305 e. The molecule has 136 valence electrons. The van der Waals surface area contributed by atoms with Crippen LogP contribution in [0.15, 0.2) is 77.4 Å². The molecule has 0 saturated heterocycles. The molecule has 3 aromatic rings. The van der Waals surface area contributed by atoms with Crippen LogP contribution in [0.1, 0.15) is 21.7 Å². The highest BCUT2D eigenvalue weighted by Gasteiger charge is 2.15. The van der Waals surface area contributed by atoms with Crippen molar-refractivity contribution in [1.82, 2.24) is 10.9 Å². The molecule has 3 rings (SSSR count). The van der Waals surface area contributed by atoms with E-state index in [0.717, 1.165) is 5.56 Å². The summed E-state index contributed by atoms with van der Waals surface area (Å²) in [5, 5.41) is 0. The van der Waals surface area contributed by atoms with Crippen molar-refractivity contribution in [3.05, 3.63) is 89.9 Å². The Kier molecular flexibility index (Phi) is 5.69. The Morgan fingerprint density at radius 2 is 1.78 bits per heavy atom. The number of hydrazine groups is 1. The molecule has 1 heterocycles. The third-order valence-corrected chi connectivity index (χ3v) is 3.77. The highest BCUT2D eigenvalue weighted by Crippen LogP contribution is 2.21. The van der Waals surface area contributed by atoms with Gasteiger partial charge in [-0.15, -0.1) is 0 Å². The number of hydrogen-bond acceptors (Lipinski definition) is 4. The second-order valence-electron chi connectivity index (χ2n) is 5.59. The van der Waals surface area contributed by atoms with Crippen molar-refractivity contribution in [2.45, 2.75) is 0 Å². The fourth-order valence-corrected chi connectivity index (χ4v) is 2.45. The smallest absolute Gasteiger partial charge is 0.305 e. The van der Waals surface area contributed by atoms with E-state index in [0.29, 0.717) is 16.9 Å². The maximum absolute atomic E-state index is 12.7. The normalized spacial score (nSPS) is 10.9. The molecule has 2 N–H and O–H groups in total. The van der Waals surface area contributed by atoms with Gasteiger partial charge in [0.2, 0.25) is 0 Å². The van der Waals surface area contributed by atoms with Gasteiger partial charge in [0.15, 0.2) is 5.76 Å². The van der Waals surface area contributed by atoms with Crippen LogP contribution in [-0.4, -0.2) is 18.9 Å². The molecule has 2 aromatic carbocycles. The summed E-state index contributed by atoms with van der Waals surface area (Å²) in [5.74, 6) is -0.206. The van der Waals surface area contributed by atoms with Crippen LogP contribution in [0, 0.1) is 0 Å². The molecule has 2 amide bonds. The molecule has 0 fully saturated rings. The van der Waals surface area contributed by atoms with Gasteiger partial charge in [0.1, 0.15) is 5.75 Å². The van der Waals surface area contributed by atoms with Crippen LogP contribution in [-0.2, 0) is 4.79 Å². The van der Waals surface area contributed by atoms with Crippen LogP contribution in [0.3, 0.4) is 0 Å². The molecular formula is C21H18N2O4. The van der Waals surface area contributed by atoms with Gasteiger partial charge in [-0.1, -0.05) is 42.5 Å². The van der Waals surface area contributed by atoms with Gasteiger partial charge in [-0.05, 0) is 41.5 Å². The molecule has 0 aliphatic heterocycles. The van der Waals surface area contributed by atoms with Crippen molar-refractivity contribution in [2.75, 3.05) is 7.11 Å². The van der Waals surface area contributed by atoms with Gasteiger partial charge in [0, 0.05) is 5.57 Å². The second-order valence-corrected chi connectivity index (χ2v) is 5.59. The Morgan fingerprint density at radius 1 is 0.963 bits per heavy atom. The monoisotopic (exact) mass is 362 g/mol. The van der Waals surface area contributed by atoms with Crippen LogP contribution in [0.4, 0.5) is 0 Å². The van der Waals surface area contributed by atoms with Crippen molar-refractivity contribution in [1.29, 1.82) is 0 Å². The van der Waals surface area contributed by atoms with Crippen LogP contribution in [0.2, 0.25) is 0 Å². The van der Waals surface area contributed by atoms with Gasteiger partial charge in [-0.25, -0.2) is 0 Å². The van der Waals surface area contributed by atoms with Crippen molar-refractivity contribution >= 4 is 23.5 Å². The number of amides is 2. The number of ether oxygens (including phenoxy) is 1. The molecule has 0 aliphatic rings. The van der Waals surface area contributed by atoms with E-state index in [9.17, 15) is 9.59 Å².